The third-order valence-corrected chi connectivity index (χ3v) is 5.15. The van der Waals surface area contributed by atoms with Crippen molar-refractivity contribution in [2.24, 2.45) is 11.7 Å². The number of hydrogen-bond donors (Lipinski definition) is 3. The van der Waals surface area contributed by atoms with Crippen molar-refractivity contribution >= 4 is 30.0 Å². The molecule has 1 aromatic heterocycles. The molecule has 9 nitrogen and oxygen atoms in total. The molecule has 28 heavy (non-hydrogen) atoms. The van der Waals surface area contributed by atoms with Crippen LogP contribution in [0.2, 0.25) is 0 Å². The number of carbonyl (C=O) groups is 1. The van der Waals surface area contributed by atoms with Crippen LogP contribution in [0.15, 0.2) is 24.4 Å². The minimum Gasteiger partial charge on any atom is -0.423 e. The Bertz CT molecular complexity index is 941. The zero-order valence-corrected chi connectivity index (χ0v) is 15.2. The number of anilines is 2. The first-order chi connectivity index (χ1) is 13.6. The number of hydrogen-bond acceptors (Lipinski definition) is 7. The Balaban J connectivity index is 1.64. The fourth-order valence-electron chi connectivity index (χ4n) is 3.61. The molecule has 0 spiro atoms. The molecule has 0 bridgehead atoms. The number of nitriles is 1. The summed E-state index contributed by atoms with van der Waals surface area (Å²) < 4.78 is 12.3. The summed E-state index contributed by atoms with van der Waals surface area (Å²) in [5.41, 5.74) is 8.08. The van der Waals surface area contributed by atoms with E-state index < -0.39 is 13.0 Å². The molecule has 4 rings (SSSR count). The van der Waals surface area contributed by atoms with Crippen LogP contribution in [0, 0.1) is 17.2 Å². The van der Waals surface area contributed by atoms with E-state index >= 15 is 0 Å². The molecule has 0 radical (unpaired) electrons. The molecule has 1 aromatic carbocycles. The summed E-state index contributed by atoms with van der Waals surface area (Å²) in [4.78, 5) is 11.9. The molecule has 10 heteroatoms. The second-order valence-corrected chi connectivity index (χ2v) is 6.91. The number of ether oxygens (including phenoxy) is 1. The van der Waals surface area contributed by atoms with E-state index in [1.807, 2.05) is 12.1 Å². The van der Waals surface area contributed by atoms with Crippen molar-refractivity contribution in [3.05, 3.63) is 35.5 Å². The van der Waals surface area contributed by atoms with Gasteiger partial charge in [-0.15, -0.1) is 0 Å². The zero-order chi connectivity index (χ0) is 19.7. The van der Waals surface area contributed by atoms with Crippen molar-refractivity contribution in [2.75, 3.05) is 25.1 Å². The molecule has 1 fully saturated rings. The Labute approximate surface area is 162 Å². The Hall–Kier alpha value is -2.87. The van der Waals surface area contributed by atoms with Gasteiger partial charge in [-0.2, -0.15) is 10.4 Å². The molecule has 0 saturated carbocycles. The standard InChI is InChI=1S/C18H20BN5O4/c20-8-12-3-5-27-10-16(12)24-9-14(17(21)25)18(23-24)22-13-2-1-11-4-6-28-19(26)15(11)7-13/h1-2,7,9,12,16,26H,3-6,10H2,(H2,21,25)(H,22,23)/t12-,16?/m1/s1. The van der Waals surface area contributed by atoms with Crippen molar-refractivity contribution in [3.63, 3.8) is 0 Å². The molecule has 1 saturated heterocycles. The monoisotopic (exact) mass is 381 g/mol. The minimum absolute atomic E-state index is 0.219. The number of fused-ring (bicyclic) bond motifs is 1. The van der Waals surface area contributed by atoms with Crippen LogP contribution in [0.4, 0.5) is 11.5 Å². The van der Waals surface area contributed by atoms with Gasteiger partial charge in [-0.05, 0) is 36.0 Å². The normalized spacial score (nSPS) is 21.6. The van der Waals surface area contributed by atoms with Gasteiger partial charge in [0.2, 0.25) is 0 Å². The molecule has 144 valence electrons. The highest BCUT2D eigenvalue weighted by Crippen LogP contribution is 2.28. The van der Waals surface area contributed by atoms with Gasteiger partial charge >= 0.3 is 7.12 Å². The summed E-state index contributed by atoms with van der Waals surface area (Å²) in [6.45, 7) is 1.35. The van der Waals surface area contributed by atoms with Crippen LogP contribution < -0.4 is 16.5 Å². The van der Waals surface area contributed by atoms with Gasteiger partial charge in [-0.3, -0.25) is 9.48 Å². The van der Waals surface area contributed by atoms with E-state index in [4.69, 9.17) is 15.1 Å². The van der Waals surface area contributed by atoms with Gasteiger partial charge in [0.1, 0.15) is 5.56 Å². The predicted molar refractivity (Wildman–Crippen MR) is 101 cm³/mol. The van der Waals surface area contributed by atoms with E-state index in [9.17, 15) is 15.1 Å². The van der Waals surface area contributed by atoms with Gasteiger partial charge in [0.15, 0.2) is 5.82 Å². The van der Waals surface area contributed by atoms with Gasteiger partial charge in [0.05, 0.1) is 24.6 Å². The Morgan fingerprint density at radius 1 is 1.46 bits per heavy atom. The fraction of sp³-hybridized carbons (Fsp3) is 0.389. The first-order valence-corrected chi connectivity index (χ1v) is 9.12. The summed E-state index contributed by atoms with van der Waals surface area (Å²) in [5, 5.41) is 27.0. The summed E-state index contributed by atoms with van der Waals surface area (Å²) in [7, 11) is -0.977. The minimum atomic E-state index is -0.977. The van der Waals surface area contributed by atoms with Gasteiger partial charge in [0, 0.05) is 25.1 Å². The van der Waals surface area contributed by atoms with Crippen molar-refractivity contribution in [3.8, 4) is 6.07 Å². The van der Waals surface area contributed by atoms with Crippen molar-refractivity contribution < 1.29 is 19.2 Å². The van der Waals surface area contributed by atoms with Crippen LogP contribution >= 0.6 is 0 Å². The highest BCUT2D eigenvalue weighted by Gasteiger charge is 2.30. The van der Waals surface area contributed by atoms with Gasteiger partial charge < -0.3 is 25.5 Å². The van der Waals surface area contributed by atoms with Crippen LogP contribution in [-0.2, 0) is 15.8 Å². The summed E-state index contributed by atoms with van der Waals surface area (Å²) in [5.74, 6) is -0.584. The zero-order valence-electron chi connectivity index (χ0n) is 15.2. The molecule has 3 heterocycles. The van der Waals surface area contributed by atoms with Crippen LogP contribution in [-0.4, -0.2) is 47.7 Å². The second-order valence-electron chi connectivity index (χ2n) is 6.91. The van der Waals surface area contributed by atoms with E-state index in [1.54, 1.807) is 16.9 Å². The number of nitrogens with two attached hydrogens (primary N) is 1. The maximum Gasteiger partial charge on any atom is 0.491 e. The molecule has 2 atom stereocenters. The van der Waals surface area contributed by atoms with Crippen molar-refractivity contribution in [1.82, 2.24) is 9.78 Å². The second kappa shape index (κ2) is 7.63. The summed E-state index contributed by atoms with van der Waals surface area (Å²) >= 11 is 0. The molecule has 2 aliphatic rings. The first-order valence-electron chi connectivity index (χ1n) is 9.12. The van der Waals surface area contributed by atoms with Crippen LogP contribution in [0.1, 0.15) is 28.4 Å². The third-order valence-electron chi connectivity index (χ3n) is 5.15. The number of aromatic nitrogens is 2. The molecular weight excluding hydrogens is 361 g/mol. The average molecular weight is 381 g/mol. The third kappa shape index (κ3) is 3.47. The number of rotatable bonds is 4. The van der Waals surface area contributed by atoms with E-state index in [0.717, 1.165) is 12.0 Å². The quantitative estimate of drug-likeness (QED) is 0.639. The summed E-state index contributed by atoms with van der Waals surface area (Å²) in [6.07, 6.45) is 2.88. The number of amides is 1. The van der Waals surface area contributed by atoms with Crippen LogP contribution in [0.5, 0.6) is 0 Å². The first kappa shape index (κ1) is 18.5. The van der Waals surface area contributed by atoms with Crippen molar-refractivity contribution in [1.29, 1.82) is 5.26 Å². The lowest BCUT2D eigenvalue weighted by Gasteiger charge is -2.26. The molecule has 2 aliphatic heterocycles. The molecule has 1 amide bonds. The molecule has 0 aliphatic carbocycles. The molecule has 2 aromatic rings. The lowest BCUT2D eigenvalue weighted by atomic mass is 9.73. The maximum atomic E-state index is 11.9. The number of nitrogens with zero attached hydrogens (tertiary/aromatic N) is 3. The smallest absolute Gasteiger partial charge is 0.423 e. The number of nitrogens with one attached hydrogen (secondary N) is 1. The van der Waals surface area contributed by atoms with E-state index in [0.29, 0.717) is 43.2 Å². The van der Waals surface area contributed by atoms with Gasteiger partial charge in [-0.25, -0.2) is 0 Å². The fourth-order valence-corrected chi connectivity index (χ4v) is 3.61. The predicted octanol–water partition coefficient (Wildman–Crippen LogP) is 0.0870. The van der Waals surface area contributed by atoms with Crippen LogP contribution in [0.25, 0.3) is 0 Å². The summed E-state index contributed by atoms with van der Waals surface area (Å²) in [6, 6.07) is 7.52. The number of primary amides is 1. The highest BCUT2D eigenvalue weighted by atomic mass is 16.5. The average Bonchev–Trinajstić information content (AvgIpc) is 3.12. The SMILES string of the molecule is N#C[C@H]1CCOCC1n1cc(C(N)=O)c(Nc2ccc3c(c2)B(O)OCC3)n1. The van der Waals surface area contributed by atoms with E-state index in [-0.39, 0.29) is 17.5 Å². The number of carbonyl (C=O) groups excluding carboxylic acids is 1. The number of benzene rings is 1. The molecular formula is C18H20BN5O4. The highest BCUT2D eigenvalue weighted by molar-refractivity contribution is 6.61. The van der Waals surface area contributed by atoms with Gasteiger partial charge in [-0.1, -0.05) is 6.07 Å². The maximum absolute atomic E-state index is 11.9. The lowest BCUT2D eigenvalue weighted by Crippen LogP contribution is -2.41. The van der Waals surface area contributed by atoms with E-state index in [2.05, 4.69) is 16.5 Å². The Morgan fingerprint density at radius 3 is 3.11 bits per heavy atom. The molecule has 4 N–H and O–H groups in total. The van der Waals surface area contributed by atoms with Crippen molar-refractivity contribution in [2.45, 2.75) is 18.9 Å². The largest absolute Gasteiger partial charge is 0.491 e. The van der Waals surface area contributed by atoms with Crippen LogP contribution in [0.3, 0.4) is 0 Å². The van der Waals surface area contributed by atoms with E-state index in [1.165, 1.54) is 0 Å². The lowest BCUT2D eigenvalue weighted by molar-refractivity contribution is 0.0342. The van der Waals surface area contributed by atoms with Gasteiger partial charge in [0.25, 0.3) is 5.91 Å². The molecule has 1 unspecified atom stereocenters. The Kier molecular flexibility index (Phi) is 5.04. The topological polar surface area (TPSA) is 135 Å². The Morgan fingerprint density at radius 2 is 2.32 bits per heavy atom.